The topological polar surface area (TPSA) is 51.2 Å². The van der Waals surface area contributed by atoms with Crippen LogP contribution < -0.4 is 10.1 Å². The summed E-state index contributed by atoms with van der Waals surface area (Å²) in [5.41, 5.74) is 4.51. The highest BCUT2D eigenvalue weighted by Crippen LogP contribution is 2.32. The number of pyridine rings is 1. The number of hydrogen-bond donors (Lipinski definition) is 1. The molecule has 1 amide bonds. The minimum absolute atomic E-state index is 0.0266. The molecule has 5 heteroatoms. The number of benzene rings is 2. The van der Waals surface area contributed by atoms with Gasteiger partial charge in [0.15, 0.2) is 0 Å². The number of halogens is 1. The summed E-state index contributed by atoms with van der Waals surface area (Å²) in [6.07, 6.45) is 1.14. The van der Waals surface area contributed by atoms with Crippen LogP contribution in [0, 0.1) is 12.7 Å². The largest absolute Gasteiger partial charge is 0.496 e. The second kappa shape index (κ2) is 7.52. The van der Waals surface area contributed by atoms with Crippen molar-refractivity contribution in [1.82, 2.24) is 10.3 Å². The summed E-state index contributed by atoms with van der Waals surface area (Å²) in [7, 11) is 3.16. The predicted molar refractivity (Wildman–Crippen MR) is 101 cm³/mol. The zero-order valence-corrected chi connectivity index (χ0v) is 15.1. The first-order chi connectivity index (χ1) is 12.5. The molecule has 1 N–H and O–H groups in total. The van der Waals surface area contributed by atoms with E-state index in [-0.39, 0.29) is 11.7 Å². The average Bonchev–Trinajstić information content (AvgIpc) is 2.65. The summed E-state index contributed by atoms with van der Waals surface area (Å²) < 4.78 is 18.8. The zero-order chi connectivity index (χ0) is 18.7. The Balaban J connectivity index is 2.00. The summed E-state index contributed by atoms with van der Waals surface area (Å²) >= 11 is 0. The molecule has 0 fully saturated rings. The molecule has 0 unspecified atom stereocenters. The van der Waals surface area contributed by atoms with Crippen molar-refractivity contribution in [1.29, 1.82) is 0 Å². The Morgan fingerprint density at radius 3 is 2.73 bits per heavy atom. The second-order valence-electron chi connectivity index (χ2n) is 6.19. The van der Waals surface area contributed by atoms with Crippen molar-refractivity contribution < 1.29 is 13.9 Å². The van der Waals surface area contributed by atoms with Crippen molar-refractivity contribution in [3.05, 3.63) is 59.4 Å². The van der Waals surface area contributed by atoms with Crippen LogP contribution in [-0.2, 0) is 11.2 Å². The van der Waals surface area contributed by atoms with E-state index in [0.717, 1.165) is 33.3 Å². The molecule has 134 valence electrons. The monoisotopic (exact) mass is 352 g/mol. The molecule has 0 bridgehead atoms. The summed E-state index contributed by atoms with van der Waals surface area (Å²) in [6.45, 7) is 2.02. The van der Waals surface area contributed by atoms with Gasteiger partial charge in [0.05, 0.1) is 18.3 Å². The van der Waals surface area contributed by atoms with Crippen LogP contribution in [0.1, 0.15) is 17.5 Å². The van der Waals surface area contributed by atoms with E-state index in [4.69, 9.17) is 9.72 Å². The Hall–Kier alpha value is -2.95. The Labute approximate surface area is 152 Å². The van der Waals surface area contributed by atoms with Gasteiger partial charge in [0.25, 0.3) is 0 Å². The number of nitrogens with one attached hydrogen (secondary N) is 1. The van der Waals surface area contributed by atoms with E-state index in [9.17, 15) is 9.18 Å². The second-order valence-corrected chi connectivity index (χ2v) is 6.19. The number of rotatable bonds is 5. The van der Waals surface area contributed by atoms with Crippen molar-refractivity contribution in [2.45, 2.75) is 19.8 Å². The summed E-state index contributed by atoms with van der Waals surface area (Å²) in [5, 5.41) is 3.68. The van der Waals surface area contributed by atoms with Gasteiger partial charge >= 0.3 is 0 Å². The fraction of sp³-hybridized carbons (Fsp3) is 0.238. The number of aromatic nitrogens is 1. The van der Waals surface area contributed by atoms with Gasteiger partial charge in [-0.1, -0.05) is 6.07 Å². The van der Waals surface area contributed by atoms with Crippen molar-refractivity contribution in [3.63, 3.8) is 0 Å². The van der Waals surface area contributed by atoms with Crippen LogP contribution in [0.15, 0.2) is 42.5 Å². The summed E-state index contributed by atoms with van der Waals surface area (Å²) in [5.74, 6) is 0.140. The lowest BCUT2D eigenvalue weighted by Crippen LogP contribution is -2.17. The van der Waals surface area contributed by atoms with E-state index < -0.39 is 0 Å². The number of amides is 1. The first-order valence-electron chi connectivity index (χ1n) is 8.46. The predicted octanol–water partition coefficient (Wildman–Crippen LogP) is 4.04. The number of aryl methyl sites for hydroxylation is 2. The third kappa shape index (κ3) is 3.67. The van der Waals surface area contributed by atoms with E-state index in [1.54, 1.807) is 13.1 Å². The molecule has 0 atom stereocenters. The summed E-state index contributed by atoms with van der Waals surface area (Å²) in [6, 6.07) is 12.4. The number of carbonyl (C=O) groups excluding carboxylic acids is 1. The third-order valence-corrected chi connectivity index (χ3v) is 4.44. The maximum absolute atomic E-state index is 13.5. The molecule has 1 heterocycles. The molecule has 0 aliphatic rings. The maximum atomic E-state index is 13.5. The van der Waals surface area contributed by atoms with Crippen molar-refractivity contribution in [3.8, 4) is 17.0 Å². The van der Waals surface area contributed by atoms with Gasteiger partial charge in [0, 0.05) is 30.5 Å². The summed E-state index contributed by atoms with van der Waals surface area (Å²) in [4.78, 5) is 16.2. The van der Waals surface area contributed by atoms with E-state index in [1.807, 2.05) is 25.1 Å². The van der Waals surface area contributed by atoms with Crippen LogP contribution in [0.2, 0.25) is 0 Å². The van der Waals surface area contributed by atoms with Crippen LogP contribution in [0.3, 0.4) is 0 Å². The highest BCUT2D eigenvalue weighted by Gasteiger charge is 2.11. The van der Waals surface area contributed by atoms with E-state index in [2.05, 4.69) is 11.4 Å². The van der Waals surface area contributed by atoms with E-state index in [1.165, 1.54) is 19.2 Å². The maximum Gasteiger partial charge on any atom is 0.220 e. The molecule has 3 aromatic rings. The van der Waals surface area contributed by atoms with Gasteiger partial charge in [0.1, 0.15) is 11.6 Å². The first kappa shape index (κ1) is 17.9. The fourth-order valence-corrected chi connectivity index (χ4v) is 2.99. The number of hydrogen-bond acceptors (Lipinski definition) is 3. The van der Waals surface area contributed by atoms with Crippen molar-refractivity contribution in [2.75, 3.05) is 14.2 Å². The molecule has 2 aromatic carbocycles. The van der Waals surface area contributed by atoms with Crippen molar-refractivity contribution >= 4 is 16.8 Å². The molecule has 4 nitrogen and oxygen atoms in total. The van der Waals surface area contributed by atoms with Crippen LogP contribution in [0.4, 0.5) is 4.39 Å². The van der Waals surface area contributed by atoms with Crippen LogP contribution in [0.5, 0.6) is 5.75 Å². The Kier molecular flexibility index (Phi) is 5.16. The van der Waals surface area contributed by atoms with Gasteiger partial charge in [-0.25, -0.2) is 9.37 Å². The van der Waals surface area contributed by atoms with Gasteiger partial charge < -0.3 is 10.1 Å². The van der Waals surface area contributed by atoms with Crippen LogP contribution >= 0.6 is 0 Å². The lowest BCUT2D eigenvalue weighted by atomic mass is 10.0. The van der Waals surface area contributed by atoms with Gasteiger partial charge in [-0.05, 0) is 54.8 Å². The Bertz CT molecular complexity index is 970. The zero-order valence-electron chi connectivity index (χ0n) is 15.1. The van der Waals surface area contributed by atoms with Gasteiger partial charge in [0.2, 0.25) is 5.91 Å². The Morgan fingerprint density at radius 2 is 2.00 bits per heavy atom. The normalized spacial score (nSPS) is 10.8. The number of carbonyl (C=O) groups is 1. The molecular weight excluding hydrogens is 331 g/mol. The smallest absolute Gasteiger partial charge is 0.220 e. The lowest BCUT2D eigenvalue weighted by Gasteiger charge is -2.11. The molecule has 0 saturated carbocycles. The SMILES string of the molecule is CNC(=O)CCc1ccc2nc(-c3ccc(F)cc3OC)cc(C)c2c1. The minimum Gasteiger partial charge on any atom is -0.496 e. The highest BCUT2D eigenvalue weighted by atomic mass is 19.1. The van der Waals surface area contributed by atoms with Gasteiger partial charge in [-0.3, -0.25) is 4.79 Å². The molecule has 0 spiro atoms. The highest BCUT2D eigenvalue weighted by molar-refractivity contribution is 5.86. The lowest BCUT2D eigenvalue weighted by molar-refractivity contribution is -0.120. The molecule has 0 aliphatic heterocycles. The van der Waals surface area contributed by atoms with Gasteiger partial charge in [-0.2, -0.15) is 0 Å². The fourth-order valence-electron chi connectivity index (χ4n) is 2.99. The van der Waals surface area contributed by atoms with Crippen molar-refractivity contribution in [2.24, 2.45) is 0 Å². The van der Waals surface area contributed by atoms with Crippen LogP contribution in [-0.4, -0.2) is 25.0 Å². The molecule has 0 aliphatic carbocycles. The van der Waals surface area contributed by atoms with E-state index >= 15 is 0 Å². The minimum atomic E-state index is -0.344. The number of fused-ring (bicyclic) bond motifs is 1. The first-order valence-corrected chi connectivity index (χ1v) is 8.46. The standard InChI is InChI=1S/C21H21FN2O2/c1-13-10-19(16-7-6-15(22)12-20(16)26-3)24-18-8-4-14(11-17(13)18)5-9-21(25)23-2/h4,6-8,10-12H,5,9H2,1-3H3,(H,23,25). The molecular formula is C21H21FN2O2. The molecule has 26 heavy (non-hydrogen) atoms. The van der Waals surface area contributed by atoms with Crippen LogP contribution in [0.25, 0.3) is 22.2 Å². The quantitative estimate of drug-likeness (QED) is 0.754. The molecule has 3 rings (SSSR count). The number of methoxy groups -OCH3 is 1. The molecule has 0 saturated heterocycles. The Morgan fingerprint density at radius 1 is 1.19 bits per heavy atom. The molecule has 0 radical (unpaired) electrons. The average molecular weight is 352 g/mol. The third-order valence-electron chi connectivity index (χ3n) is 4.44. The number of ether oxygens (including phenoxy) is 1. The van der Waals surface area contributed by atoms with Gasteiger partial charge in [-0.15, -0.1) is 0 Å². The van der Waals surface area contributed by atoms with E-state index in [0.29, 0.717) is 18.6 Å². The molecule has 1 aromatic heterocycles. The number of nitrogens with zero attached hydrogens (tertiary/aromatic N) is 1.